The molecule has 1 amide bonds. The molecule has 0 spiro atoms. The molecule has 3 heterocycles. The Hall–Kier alpha value is -1.40. The van der Waals surface area contributed by atoms with Crippen LogP contribution in [0.2, 0.25) is 0 Å². The molecular weight excluding hydrogens is 316 g/mol. The fourth-order valence-electron chi connectivity index (χ4n) is 4.21. The largest absolute Gasteiger partial charge is 0.381 e. The van der Waals surface area contributed by atoms with Crippen molar-refractivity contribution in [3.8, 4) is 0 Å². The number of aryl methyl sites for hydroxylation is 2. The van der Waals surface area contributed by atoms with Crippen molar-refractivity contribution >= 4 is 5.91 Å². The van der Waals surface area contributed by atoms with Crippen molar-refractivity contribution in [3.63, 3.8) is 0 Å². The fraction of sp³-hybridized carbons (Fsp3) is 0.789. The van der Waals surface area contributed by atoms with Crippen LogP contribution < -0.4 is 0 Å². The highest BCUT2D eigenvalue weighted by atomic mass is 16.5. The number of nitrogens with one attached hydrogen (secondary N) is 1. The maximum absolute atomic E-state index is 12.8. The normalized spacial score (nSPS) is 20.8. The van der Waals surface area contributed by atoms with Gasteiger partial charge in [-0.05, 0) is 64.6 Å². The number of rotatable bonds is 5. The molecule has 3 rings (SSSR count). The number of likely N-dealkylation sites (tertiary alicyclic amines) is 1. The van der Waals surface area contributed by atoms with Crippen LogP contribution in [0.15, 0.2) is 0 Å². The summed E-state index contributed by atoms with van der Waals surface area (Å²) in [6, 6.07) is 0.662. The Balaban J connectivity index is 1.45. The van der Waals surface area contributed by atoms with E-state index in [4.69, 9.17) is 4.74 Å². The topological polar surface area (TPSA) is 61.5 Å². The van der Waals surface area contributed by atoms with Crippen LogP contribution in [0.3, 0.4) is 0 Å². The van der Waals surface area contributed by atoms with Gasteiger partial charge in [-0.3, -0.25) is 9.89 Å². The van der Waals surface area contributed by atoms with E-state index in [1.807, 2.05) is 25.8 Å². The average Bonchev–Trinajstić information content (AvgIpc) is 2.98. The van der Waals surface area contributed by atoms with E-state index in [2.05, 4.69) is 15.1 Å². The van der Waals surface area contributed by atoms with Crippen molar-refractivity contribution in [3.05, 3.63) is 17.0 Å². The SMILES string of the molecule is Cc1n[nH]c(C)c1CCN(C)C(=O)C1CCN(C2CCOCC2)CC1. The first-order valence-corrected chi connectivity index (χ1v) is 9.63. The summed E-state index contributed by atoms with van der Waals surface area (Å²) in [6.07, 6.45) is 5.13. The summed E-state index contributed by atoms with van der Waals surface area (Å²) in [5.74, 6) is 0.498. The van der Waals surface area contributed by atoms with Crippen LogP contribution in [-0.2, 0) is 16.0 Å². The van der Waals surface area contributed by atoms with Gasteiger partial charge in [-0.25, -0.2) is 0 Å². The Morgan fingerprint density at radius 3 is 2.52 bits per heavy atom. The van der Waals surface area contributed by atoms with Crippen molar-refractivity contribution in [1.29, 1.82) is 0 Å². The third-order valence-corrected chi connectivity index (χ3v) is 5.94. The summed E-state index contributed by atoms with van der Waals surface area (Å²) in [4.78, 5) is 17.3. The van der Waals surface area contributed by atoms with Crippen molar-refractivity contribution in [1.82, 2.24) is 20.0 Å². The smallest absolute Gasteiger partial charge is 0.225 e. The number of nitrogens with zero attached hydrogens (tertiary/aromatic N) is 3. The molecule has 140 valence electrons. The Morgan fingerprint density at radius 2 is 1.92 bits per heavy atom. The number of hydrogen-bond donors (Lipinski definition) is 1. The first-order chi connectivity index (χ1) is 12.1. The van der Waals surface area contributed by atoms with Crippen molar-refractivity contribution in [2.24, 2.45) is 5.92 Å². The number of hydrogen-bond acceptors (Lipinski definition) is 4. The van der Waals surface area contributed by atoms with Gasteiger partial charge in [0.2, 0.25) is 5.91 Å². The van der Waals surface area contributed by atoms with E-state index in [0.717, 1.165) is 76.3 Å². The summed E-state index contributed by atoms with van der Waals surface area (Å²) < 4.78 is 5.46. The van der Waals surface area contributed by atoms with E-state index < -0.39 is 0 Å². The van der Waals surface area contributed by atoms with Gasteiger partial charge < -0.3 is 14.5 Å². The number of aromatic amines is 1. The molecule has 0 aromatic carbocycles. The van der Waals surface area contributed by atoms with Crippen molar-refractivity contribution in [2.45, 2.75) is 52.0 Å². The van der Waals surface area contributed by atoms with Gasteiger partial charge in [-0.2, -0.15) is 5.10 Å². The van der Waals surface area contributed by atoms with Crippen LogP contribution >= 0.6 is 0 Å². The van der Waals surface area contributed by atoms with Crippen LogP contribution in [0.1, 0.15) is 42.6 Å². The van der Waals surface area contributed by atoms with Gasteiger partial charge in [0, 0.05) is 44.5 Å². The number of carbonyl (C=O) groups is 1. The van der Waals surface area contributed by atoms with E-state index >= 15 is 0 Å². The minimum absolute atomic E-state index is 0.188. The standard InChI is InChI=1S/C19H32N4O2/c1-14-18(15(2)21-20-14)6-9-22(3)19(24)16-4-10-23(11-5-16)17-7-12-25-13-8-17/h16-17H,4-13H2,1-3H3,(H,20,21). The molecule has 0 saturated carbocycles. The van der Waals surface area contributed by atoms with Gasteiger partial charge in [0.1, 0.15) is 0 Å². The zero-order chi connectivity index (χ0) is 17.8. The molecule has 6 nitrogen and oxygen atoms in total. The van der Waals surface area contributed by atoms with Gasteiger partial charge in [-0.1, -0.05) is 0 Å². The zero-order valence-electron chi connectivity index (χ0n) is 15.9. The summed E-state index contributed by atoms with van der Waals surface area (Å²) in [6.45, 7) is 8.71. The number of amides is 1. The van der Waals surface area contributed by atoms with Gasteiger partial charge >= 0.3 is 0 Å². The molecule has 0 atom stereocenters. The highest BCUT2D eigenvalue weighted by molar-refractivity contribution is 5.78. The molecule has 2 aliphatic heterocycles. The highest BCUT2D eigenvalue weighted by Gasteiger charge is 2.30. The van der Waals surface area contributed by atoms with Gasteiger partial charge in [0.05, 0.1) is 5.69 Å². The molecule has 2 aliphatic rings. The van der Waals surface area contributed by atoms with Crippen molar-refractivity contribution in [2.75, 3.05) is 39.9 Å². The van der Waals surface area contributed by atoms with Gasteiger partial charge in [0.25, 0.3) is 0 Å². The second kappa shape index (κ2) is 8.32. The predicted octanol–water partition coefficient (Wildman–Crippen LogP) is 1.92. The molecule has 25 heavy (non-hydrogen) atoms. The molecule has 1 N–H and O–H groups in total. The summed E-state index contributed by atoms with van der Waals surface area (Å²) >= 11 is 0. The summed E-state index contributed by atoms with van der Waals surface area (Å²) in [5, 5.41) is 7.26. The second-order valence-corrected chi connectivity index (χ2v) is 7.58. The molecule has 2 saturated heterocycles. The van der Waals surface area contributed by atoms with Crippen LogP contribution in [0, 0.1) is 19.8 Å². The number of aromatic nitrogens is 2. The molecule has 1 aromatic heterocycles. The second-order valence-electron chi connectivity index (χ2n) is 7.58. The third-order valence-electron chi connectivity index (χ3n) is 5.94. The maximum atomic E-state index is 12.8. The lowest BCUT2D eigenvalue weighted by Crippen LogP contribution is -2.47. The highest BCUT2D eigenvalue weighted by Crippen LogP contribution is 2.24. The lowest BCUT2D eigenvalue weighted by atomic mass is 9.93. The summed E-state index contributed by atoms with van der Waals surface area (Å²) in [5.41, 5.74) is 3.40. The molecule has 2 fully saturated rings. The fourth-order valence-corrected chi connectivity index (χ4v) is 4.21. The Morgan fingerprint density at radius 1 is 1.24 bits per heavy atom. The number of carbonyl (C=O) groups excluding carboxylic acids is 1. The molecule has 6 heteroatoms. The molecule has 0 radical (unpaired) electrons. The van der Waals surface area contributed by atoms with E-state index in [-0.39, 0.29) is 5.92 Å². The van der Waals surface area contributed by atoms with E-state index in [1.54, 1.807) is 0 Å². The molecule has 0 unspecified atom stereocenters. The van der Waals surface area contributed by atoms with E-state index in [9.17, 15) is 4.79 Å². The van der Waals surface area contributed by atoms with Crippen LogP contribution in [0.25, 0.3) is 0 Å². The van der Waals surface area contributed by atoms with Gasteiger partial charge in [-0.15, -0.1) is 0 Å². The van der Waals surface area contributed by atoms with Crippen LogP contribution in [0.4, 0.5) is 0 Å². The Bertz CT molecular complexity index is 552. The monoisotopic (exact) mass is 348 g/mol. The van der Waals surface area contributed by atoms with Crippen molar-refractivity contribution < 1.29 is 9.53 Å². The van der Waals surface area contributed by atoms with E-state index in [0.29, 0.717) is 11.9 Å². The first-order valence-electron chi connectivity index (χ1n) is 9.63. The number of ether oxygens (including phenoxy) is 1. The minimum atomic E-state index is 0.188. The maximum Gasteiger partial charge on any atom is 0.225 e. The third kappa shape index (κ3) is 4.42. The lowest BCUT2D eigenvalue weighted by molar-refractivity contribution is -0.136. The molecule has 0 bridgehead atoms. The van der Waals surface area contributed by atoms with Crippen LogP contribution in [0.5, 0.6) is 0 Å². The molecule has 1 aromatic rings. The Labute approximate surface area is 150 Å². The van der Waals surface area contributed by atoms with Gasteiger partial charge in [0.15, 0.2) is 0 Å². The quantitative estimate of drug-likeness (QED) is 0.883. The number of H-pyrrole nitrogens is 1. The Kier molecular flexibility index (Phi) is 6.12. The van der Waals surface area contributed by atoms with Crippen LogP contribution in [-0.4, -0.2) is 71.8 Å². The zero-order valence-corrected chi connectivity index (χ0v) is 15.9. The molecular formula is C19H32N4O2. The molecule has 0 aliphatic carbocycles. The number of piperidine rings is 1. The predicted molar refractivity (Wildman–Crippen MR) is 97.5 cm³/mol. The average molecular weight is 348 g/mol. The summed E-state index contributed by atoms with van der Waals surface area (Å²) in [7, 11) is 1.94. The lowest BCUT2D eigenvalue weighted by Gasteiger charge is -2.39. The minimum Gasteiger partial charge on any atom is -0.381 e. The number of likely N-dealkylation sites (N-methyl/N-ethyl adjacent to an activating group) is 1. The first kappa shape index (κ1) is 18.4. The van der Waals surface area contributed by atoms with E-state index in [1.165, 1.54) is 5.56 Å².